The summed E-state index contributed by atoms with van der Waals surface area (Å²) in [5.74, 6) is -3.77. The van der Waals surface area contributed by atoms with Gasteiger partial charge in [0.15, 0.2) is 0 Å². The Balaban J connectivity index is 0.000000357. The molecule has 12 heteroatoms. The molecule has 3 aromatic rings. The summed E-state index contributed by atoms with van der Waals surface area (Å²) in [5, 5.41) is 16.8. The third-order valence-electron chi connectivity index (χ3n) is 6.53. The molecule has 0 spiro atoms. The van der Waals surface area contributed by atoms with Crippen molar-refractivity contribution >= 4 is 11.6 Å². The molecule has 0 radical (unpaired) electrons. The van der Waals surface area contributed by atoms with Gasteiger partial charge in [0, 0.05) is 32.5 Å². The number of nitrogens with zero attached hydrogens (tertiary/aromatic N) is 3. The van der Waals surface area contributed by atoms with Crippen molar-refractivity contribution < 1.29 is 32.2 Å². The second kappa shape index (κ2) is 13.6. The van der Waals surface area contributed by atoms with Crippen LogP contribution in [0.15, 0.2) is 36.7 Å². The van der Waals surface area contributed by atoms with Crippen LogP contribution in [0, 0.1) is 17.5 Å². The molecule has 1 saturated heterocycles. The molecule has 5 rings (SSSR count). The number of carbonyl (C=O) groups is 1. The summed E-state index contributed by atoms with van der Waals surface area (Å²) in [4.78, 5) is 16.2. The van der Waals surface area contributed by atoms with E-state index < -0.39 is 40.2 Å². The number of aryl methyl sites for hydroxylation is 1. The van der Waals surface area contributed by atoms with Crippen LogP contribution < -0.4 is 11.1 Å². The molecule has 1 aliphatic heterocycles. The van der Waals surface area contributed by atoms with E-state index in [9.17, 15) is 27.5 Å². The standard InChI is InChI=1S/C20H17F3N4O2.C6H13NO.CH3F/c1-27-10-12(9-24-27)25-19(28)16-4-3-13(21)18(26-16)17-14(22)7-11(8-15(17)23)20(29)5-2-6-20;7-6-2-1-4-8-5-3-6;1-2/h3-4,7-10,29H,2,5-6H2,1H3,(H,25,28);6H,1-5,7H2;1H3. The highest BCUT2D eigenvalue weighted by molar-refractivity contribution is 6.03. The lowest BCUT2D eigenvalue weighted by molar-refractivity contribution is -0.0392. The van der Waals surface area contributed by atoms with Crippen molar-refractivity contribution in [3.05, 3.63) is 65.4 Å². The van der Waals surface area contributed by atoms with Gasteiger partial charge in [0.25, 0.3) is 5.91 Å². The van der Waals surface area contributed by atoms with Crippen molar-refractivity contribution in [3.8, 4) is 11.3 Å². The summed E-state index contributed by atoms with van der Waals surface area (Å²) in [7, 11) is 2.17. The molecule has 2 aromatic heterocycles. The van der Waals surface area contributed by atoms with E-state index in [1.165, 1.54) is 10.9 Å². The lowest BCUT2D eigenvalue weighted by atomic mass is 9.75. The van der Waals surface area contributed by atoms with Crippen molar-refractivity contribution in [1.29, 1.82) is 0 Å². The highest BCUT2D eigenvalue weighted by Crippen LogP contribution is 2.42. The van der Waals surface area contributed by atoms with Crippen LogP contribution in [0.25, 0.3) is 11.3 Å². The minimum Gasteiger partial charge on any atom is -0.385 e. The number of benzene rings is 1. The molecule has 0 bridgehead atoms. The van der Waals surface area contributed by atoms with Crippen LogP contribution >= 0.6 is 0 Å². The molecule has 2 fully saturated rings. The second-order valence-corrected chi connectivity index (χ2v) is 9.39. The maximum atomic E-state index is 14.7. The van der Waals surface area contributed by atoms with Crippen LogP contribution in [-0.2, 0) is 17.4 Å². The Morgan fingerprint density at radius 3 is 2.38 bits per heavy atom. The molecule has 4 N–H and O–H groups in total. The first-order valence-electron chi connectivity index (χ1n) is 12.6. The molecule has 1 saturated carbocycles. The zero-order valence-corrected chi connectivity index (χ0v) is 21.9. The normalized spacial score (nSPS) is 17.9. The van der Waals surface area contributed by atoms with E-state index in [2.05, 4.69) is 15.4 Å². The van der Waals surface area contributed by atoms with Crippen LogP contribution in [0.5, 0.6) is 0 Å². The van der Waals surface area contributed by atoms with E-state index in [-0.39, 0.29) is 11.3 Å². The molecule has 1 aliphatic carbocycles. The Morgan fingerprint density at radius 2 is 1.79 bits per heavy atom. The number of anilines is 1. The average molecular weight is 552 g/mol. The van der Waals surface area contributed by atoms with Crippen molar-refractivity contribution in [1.82, 2.24) is 14.8 Å². The fourth-order valence-corrected chi connectivity index (χ4v) is 4.22. The number of carbonyl (C=O) groups excluding carboxylic acids is 1. The molecular weight excluding hydrogens is 518 g/mol. The monoisotopic (exact) mass is 551 g/mol. The summed E-state index contributed by atoms with van der Waals surface area (Å²) in [6.07, 6.45) is 7.84. The van der Waals surface area contributed by atoms with Crippen molar-refractivity contribution in [2.75, 3.05) is 25.7 Å². The number of halogens is 4. The van der Waals surface area contributed by atoms with E-state index in [1.807, 2.05) is 0 Å². The molecule has 1 atom stereocenters. The Hall–Kier alpha value is -3.35. The van der Waals surface area contributed by atoms with E-state index >= 15 is 0 Å². The van der Waals surface area contributed by atoms with Crippen molar-refractivity contribution in [2.24, 2.45) is 12.8 Å². The SMILES string of the molecule is CF.Cn1cc(NC(=O)c2ccc(F)c(-c3c(F)cc(C4(O)CCC4)cc3F)n2)cn1.NC1CCCOCC1. The number of rotatable bonds is 4. The minimum absolute atomic E-state index is 0.105. The summed E-state index contributed by atoms with van der Waals surface area (Å²) >= 11 is 0. The number of nitrogens with two attached hydrogens (primary N) is 1. The van der Waals surface area contributed by atoms with E-state index in [0.29, 0.717) is 31.7 Å². The Labute approximate surface area is 224 Å². The average Bonchev–Trinajstić information content (AvgIpc) is 3.15. The Kier molecular flexibility index (Phi) is 10.6. The lowest BCUT2D eigenvalue weighted by Crippen LogP contribution is -2.33. The molecule has 8 nitrogen and oxygen atoms in total. The summed E-state index contributed by atoms with van der Waals surface area (Å²) in [6, 6.07) is 4.42. The molecule has 1 aromatic carbocycles. The maximum absolute atomic E-state index is 14.7. The highest BCUT2D eigenvalue weighted by Gasteiger charge is 2.37. The van der Waals surface area contributed by atoms with Gasteiger partial charge in [0.1, 0.15) is 28.8 Å². The third-order valence-corrected chi connectivity index (χ3v) is 6.53. The van der Waals surface area contributed by atoms with Crippen molar-refractivity contribution in [2.45, 2.75) is 50.2 Å². The summed E-state index contributed by atoms with van der Waals surface area (Å²) in [6.45, 7) is 1.77. The zero-order valence-electron chi connectivity index (χ0n) is 21.9. The Bertz CT molecular complexity index is 1230. The van der Waals surface area contributed by atoms with Crippen LogP contribution in [0.4, 0.5) is 23.2 Å². The predicted molar refractivity (Wildman–Crippen MR) is 138 cm³/mol. The molecule has 1 amide bonds. The van der Waals surface area contributed by atoms with Gasteiger partial charge >= 0.3 is 0 Å². The number of pyridine rings is 1. The van der Waals surface area contributed by atoms with Crippen LogP contribution in [0.1, 0.15) is 54.6 Å². The third kappa shape index (κ3) is 7.61. The lowest BCUT2D eigenvalue weighted by Gasteiger charge is -2.37. The quantitative estimate of drug-likeness (QED) is 0.408. The number of hydrogen-bond acceptors (Lipinski definition) is 6. The van der Waals surface area contributed by atoms with E-state index in [1.54, 1.807) is 13.2 Å². The minimum atomic E-state index is -1.27. The number of nitrogens with one attached hydrogen (secondary N) is 1. The summed E-state index contributed by atoms with van der Waals surface area (Å²) < 4.78 is 59.9. The van der Waals surface area contributed by atoms with Gasteiger partial charge < -0.3 is 20.9 Å². The van der Waals surface area contributed by atoms with Crippen LogP contribution in [0.2, 0.25) is 0 Å². The van der Waals surface area contributed by atoms with Crippen LogP contribution in [-0.4, -0.2) is 52.2 Å². The second-order valence-electron chi connectivity index (χ2n) is 9.39. The predicted octanol–water partition coefficient (Wildman–Crippen LogP) is 4.62. The number of hydrogen-bond donors (Lipinski definition) is 3. The van der Waals surface area contributed by atoms with Gasteiger partial charge in [0.2, 0.25) is 0 Å². The maximum Gasteiger partial charge on any atom is 0.274 e. The Morgan fingerprint density at radius 1 is 1.10 bits per heavy atom. The van der Waals surface area contributed by atoms with Gasteiger partial charge in [-0.25, -0.2) is 18.2 Å². The number of amides is 1. The molecule has 39 heavy (non-hydrogen) atoms. The van der Waals surface area contributed by atoms with Gasteiger partial charge in [-0.3, -0.25) is 13.9 Å². The topological polar surface area (TPSA) is 115 Å². The first kappa shape index (κ1) is 30.2. The van der Waals surface area contributed by atoms with E-state index in [4.69, 9.17) is 10.5 Å². The summed E-state index contributed by atoms with van der Waals surface area (Å²) in [5.41, 5.74) is 3.36. The first-order chi connectivity index (χ1) is 18.7. The number of aromatic nitrogens is 3. The molecule has 3 heterocycles. The van der Waals surface area contributed by atoms with Gasteiger partial charge in [-0.15, -0.1) is 0 Å². The number of alkyl halides is 1. The highest BCUT2D eigenvalue weighted by atomic mass is 19.1. The number of aliphatic hydroxyl groups is 1. The van der Waals surface area contributed by atoms with E-state index in [0.717, 1.165) is 63.2 Å². The van der Waals surface area contributed by atoms with Crippen LogP contribution in [0.3, 0.4) is 0 Å². The molecule has 212 valence electrons. The fraction of sp³-hybridized carbons (Fsp3) is 0.444. The zero-order chi connectivity index (χ0) is 28.6. The number of ether oxygens (including phenoxy) is 1. The fourth-order valence-electron chi connectivity index (χ4n) is 4.22. The van der Waals surface area contributed by atoms with Crippen molar-refractivity contribution in [3.63, 3.8) is 0 Å². The molecule has 2 aliphatic rings. The largest absolute Gasteiger partial charge is 0.385 e. The molecular formula is C27H33F4N5O3. The first-order valence-corrected chi connectivity index (χ1v) is 12.6. The smallest absolute Gasteiger partial charge is 0.274 e. The molecule has 1 unspecified atom stereocenters. The van der Waals surface area contributed by atoms with Gasteiger partial charge in [-0.1, -0.05) is 0 Å². The van der Waals surface area contributed by atoms with Gasteiger partial charge in [-0.05, 0) is 68.4 Å². The van der Waals surface area contributed by atoms with Gasteiger partial charge in [0.05, 0.1) is 30.2 Å². The van der Waals surface area contributed by atoms with Gasteiger partial charge in [-0.2, -0.15) is 5.10 Å².